The summed E-state index contributed by atoms with van der Waals surface area (Å²) in [6.45, 7) is 2.44. The fourth-order valence-electron chi connectivity index (χ4n) is 1.74. The Morgan fingerprint density at radius 1 is 1.37 bits per heavy atom. The van der Waals surface area contributed by atoms with E-state index in [1.165, 1.54) is 0 Å². The van der Waals surface area contributed by atoms with Crippen LogP contribution in [0.5, 0.6) is 0 Å². The topological polar surface area (TPSA) is 67.6 Å². The predicted molar refractivity (Wildman–Crippen MR) is 76.7 cm³/mol. The summed E-state index contributed by atoms with van der Waals surface area (Å²) in [5, 5.41) is 2.86. The van der Waals surface area contributed by atoms with Crippen molar-refractivity contribution in [2.24, 2.45) is 0 Å². The molecule has 0 fully saturated rings. The molecule has 0 saturated heterocycles. The molecule has 0 aliphatic carbocycles. The lowest BCUT2D eigenvalue weighted by Crippen LogP contribution is -2.35. The molecular formula is C14H23N3O2. The first-order valence-electron chi connectivity index (χ1n) is 6.40. The van der Waals surface area contributed by atoms with Crippen molar-refractivity contribution in [1.82, 2.24) is 10.2 Å². The maximum Gasteiger partial charge on any atom is 0.234 e. The number of hydrogen-bond donors (Lipinski definition) is 2. The molecule has 0 aliphatic rings. The van der Waals surface area contributed by atoms with Gasteiger partial charge in [0, 0.05) is 32.5 Å². The summed E-state index contributed by atoms with van der Waals surface area (Å²) in [7, 11) is 3.58. The number of nitrogens with zero attached hydrogens (tertiary/aromatic N) is 1. The van der Waals surface area contributed by atoms with Gasteiger partial charge in [0.25, 0.3) is 0 Å². The Morgan fingerprint density at radius 3 is 2.68 bits per heavy atom. The third kappa shape index (κ3) is 6.79. The molecule has 106 valence electrons. The normalized spacial score (nSPS) is 10.7. The zero-order valence-corrected chi connectivity index (χ0v) is 11.7. The van der Waals surface area contributed by atoms with Crippen LogP contribution in [0.1, 0.15) is 12.0 Å². The number of ether oxygens (including phenoxy) is 1. The Balaban J connectivity index is 2.24. The smallest absolute Gasteiger partial charge is 0.234 e. The summed E-state index contributed by atoms with van der Waals surface area (Å²) in [4.78, 5) is 13.6. The second-order valence-electron chi connectivity index (χ2n) is 4.61. The largest absolute Gasteiger partial charge is 0.399 e. The number of rotatable bonds is 8. The first-order valence-corrected chi connectivity index (χ1v) is 6.40. The van der Waals surface area contributed by atoms with E-state index in [2.05, 4.69) is 5.32 Å². The first kappa shape index (κ1) is 15.5. The van der Waals surface area contributed by atoms with Gasteiger partial charge in [0.15, 0.2) is 0 Å². The molecule has 0 saturated carbocycles. The number of carbonyl (C=O) groups excluding carboxylic acids is 1. The molecule has 0 atom stereocenters. The molecule has 19 heavy (non-hydrogen) atoms. The van der Waals surface area contributed by atoms with E-state index in [0.29, 0.717) is 19.7 Å². The molecular weight excluding hydrogens is 242 g/mol. The SMILES string of the molecule is COCCCNC(=O)CN(C)Cc1ccc(N)cc1. The van der Waals surface area contributed by atoms with Gasteiger partial charge in [-0.05, 0) is 31.2 Å². The van der Waals surface area contributed by atoms with Gasteiger partial charge in [0.2, 0.25) is 5.91 Å². The van der Waals surface area contributed by atoms with Crippen molar-refractivity contribution >= 4 is 11.6 Å². The quantitative estimate of drug-likeness (QED) is 0.540. The highest BCUT2D eigenvalue weighted by Crippen LogP contribution is 2.07. The monoisotopic (exact) mass is 265 g/mol. The molecule has 0 aliphatic heterocycles. The van der Waals surface area contributed by atoms with Gasteiger partial charge in [-0.2, -0.15) is 0 Å². The van der Waals surface area contributed by atoms with Gasteiger partial charge in [0.1, 0.15) is 0 Å². The number of amides is 1. The van der Waals surface area contributed by atoms with Crippen LogP contribution in [0.4, 0.5) is 5.69 Å². The number of methoxy groups -OCH3 is 1. The van der Waals surface area contributed by atoms with Crippen molar-refractivity contribution in [3.63, 3.8) is 0 Å². The van der Waals surface area contributed by atoms with Gasteiger partial charge in [0.05, 0.1) is 6.54 Å². The number of benzene rings is 1. The van der Waals surface area contributed by atoms with Crippen LogP contribution in [-0.2, 0) is 16.1 Å². The van der Waals surface area contributed by atoms with Crippen LogP contribution < -0.4 is 11.1 Å². The molecule has 0 aromatic heterocycles. The molecule has 1 amide bonds. The minimum absolute atomic E-state index is 0.0362. The van der Waals surface area contributed by atoms with Gasteiger partial charge < -0.3 is 15.8 Å². The lowest BCUT2D eigenvalue weighted by molar-refractivity contribution is -0.122. The summed E-state index contributed by atoms with van der Waals surface area (Å²) in [6, 6.07) is 7.69. The summed E-state index contributed by atoms with van der Waals surface area (Å²) < 4.78 is 4.92. The average Bonchev–Trinajstić information content (AvgIpc) is 2.37. The summed E-state index contributed by atoms with van der Waals surface area (Å²) in [5.41, 5.74) is 7.52. The second-order valence-corrected chi connectivity index (χ2v) is 4.61. The molecule has 1 aromatic carbocycles. The lowest BCUT2D eigenvalue weighted by atomic mass is 10.2. The van der Waals surface area contributed by atoms with Crippen LogP contribution in [0, 0.1) is 0 Å². The van der Waals surface area contributed by atoms with Crippen molar-refractivity contribution < 1.29 is 9.53 Å². The van der Waals surface area contributed by atoms with Crippen LogP contribution in [-0.4, -0.2) is 44.7 Å². The third-order valence-corrected chi connectivity index (χ3v) is 2.69. The van der Waals surface area contributed by atoms with Gasteiger partial charge in [-0.3, -0.25) is 9.69 Å². The number of hydrogen-bond acceptors (Lipinski definition) is 4. The van der Waals surface area contributed by atoms with E-state index >= 15 is 0 Å². The molecule has 1 rings (SSSR count). The van der Waals surface area contributed by atoms with Crippen LogP contribution in [0.25, 0.3) is 0 Å². The van der Waals surface area contributed by atoms with Crippen molar-refractivity contribution in [1.29, 1.82) is 0 Å². The van der Waals surface area contributed by atoms with Gasteiger partial charge in [-0.25, -0.2) is 0 Å². The van der Waals surface area contributed by atoms with Gasteiger partial charge in [-0.1, -0.05) is 12.1 Å². The number of nitrogens with one attached hydrogen (secondary N) is 1. The fraction of sp³-hybridized carbons (Fsp3) is 0.500. The third-order valence-electron chi connectivity index (χ3n) is 2.69. The Kier molecular flexibility index (Phi) is 6.92. The molecule has 1 aromatic rings. The molecule has 3 N–H and O–H groups in total. The summed E-state index contributed by atoms with van der Waals surface area (Å²) >= 11 is 0. The molecule has 0 unspecified atom stereocenters. The lowest BCUT2D eigenvalue weighted by Gasteiger charge is -2.16. The Morgan fingerprint density at radius 2 is 2.05 bits per heavy atom. The molecule has 0 heterocycles. The highest BCUT2D eigenvalue weighted by molar-refractivity contribution is 5.77. The molecule has 5 heteroatoms. The summed E-state index contributed by atoms with van der Waals surface area (Å²) in [5.74, 6) is 0.0362. The van der Waals surface area contributed by atoms with E-state index in [4.69, 9.17) is 10.5 Å². The second kappa shape index (κ2) is 8.50. The Hall–Kier alpha value is -1.59. The van der Waals surface area contributed by atoms with Gasteiger partial charge in [-0.15, -0.1) is 0 Å². The molecule has 0 bridgehead atoms. The zero-order chi connectivity index (χ0) is 14.1. The van der Waals surface area contributed by atoms with Crippen molar-refractivity contribution in [3.05, 3.63) is 29.8 Å². The highest BCUT2D eigenvalue weighted by atomic mass is 16.5. The van der Waals surface area contributed by atoms with E-state index in [1.807, 2.05) is 36.2 Å². The van der Waals surface area contributed by atoms with E-state index in [1.54, 1.807) is 7.11 Å². The number of anilines is 1. The summed E-state index contributed by atoms with van der Waals surface area (Å²) in [6.07, 6.45) is 0.837. The number of nitrogen functional groups attached to an aromatic ring is 1. The first-order chi connectivity index (χ1) is 9.11. The predicted octanol–water partition coefficient (Wildman–Crippen LogP) is 0.853. The van der Waals surface area contributed by atoms with E-state index < -0.39 is 0 Å². The zero-order valence-electron chi connectivity index (χ0n) is 11.7. The molecule has 5 nitrogen and oxygen atoms in total. The van der Waals surface area contributed by atoms with Crippen LogP contribution >= 0.6 is 0 Å². The maximum absolute atomic E-state index is 11.6. The molecule has 0 radical (unpaired) electrons. The average molecular weight is 265 g/mol. The van der Waals surface area contributed by atoms with E-state index in [9.17, 15) is 4.79 Å². The van der Waals surface area contributed by atoms with Crippen molar-refractivity contribution in [2.75, 3.05) is 39.6 Å². The Labute approximate surface area is 114 Å². The fourth-order valence-corrected chi connectivity index (χ4v) is 1.74. The van der Waals surface area contributed by atoms with Crippen LogP contribution in [0.2, 0.25) is 0 Å². The van der Waals surface area contributed by atoms with E-state index in [0.717, 1.165) is 24.2 Å². The molecule has 0 spiro atoms. The van der Waals surface area contributed by atoms with Crippen molar-refractivity contribution in [2.45, 2.75) is 13.0 Å². The highest BCUT2D eigenvalue weighted by Gasteiger charge is 2.06. The van der Waals surface area contributed by atoms with Crippen LogP contribution in [0.3, 0.4) is 0 Å². The minimum Gasteiger partial charge on any atom is -0.399 e. The van der Waals surface area contributed by atoms with Crippen molar-refractivity contribution in [3.8, 4) is 0 Å². The number of likely N-dealkylation sites (N-methyl/N-ethyl adjacent to an activating group) is 1. The number of nitrogens with two attached hydrogens (primary N) is 1. The van der Waals surface area contributed by atoms with Gasteiger partial charge >= 0.3 is 0 Å². The maximum atomic E-state index is 11.6. The number of carbonyl (C=O) groups is 1. The minimum atomic E-state index is 0.0362. The standard InChI is InChI=1S/C14H23N3O2/c1-17(10-12-4-6-13(15)7-5-12)11-14(18)16-8-3-9-19-2/h4-7H,3,8-11,15H2,1-2H3,(H,16,18). The van der Waals surface area contributed by atoms with E-state index in [-0.39, 0.29) is 5.91 Å². The Bertz CT molecular complexity index is 379. The van der Waals surface area contributed by atoms with Crippen LogP contribution in [0.15, 0.2) is 24.3 Å².